The third-order valence-corrected chi connectivity index (χ3v) is 8.34. The number of halogens is 2. The number of rotatable bonds is 6. The summed E-state index contributed by atoms with van der Waals surface area (Å²) in [6.45, 7) is 3.58. The van der Waals surface area contributed by atoms with Crippen molar-refractivity contribution < 1.29 is 27.8 Å². The molecule has 0 N–H and O–H groups in total. The lowest BCUT2D eigenvalue weighted by Gasteiger charge is -2.38. The van der Waals surface area contributed by atoms with Crippen LogP contribution >= 0.6 is 11.3 Å². The largest absolute Gasteiger partial charge is 0.474 e. The maximum Gasteiger partial charge on any atom is 0.376 e. The SMILES string of the molecule is COC(=O)C(F)(F)C[C@H]1CCc2sc3ncnc(OC4CCC(N5CCOCC5)CC4)c3c21. The summed E-state index contributed by atoms with van der Waals surface area (Å²) in [6.07, 6.45) is 6.23. The monoisotopic (exact) mass is 481 g/mol. The molecule has 3 heterocycles. The number of thiophene rings is 1. The van der Waals surface area contributed by atoms with Crippen molar-refractivity contribution in [2.75, 3.05) is 33.4 Å². The normalized spacial score (nSPS) is 26.3. The Morgan fingerprint density at radius 2 is 1.97 bits per heavy atom. The predicted molar refractivity (Wildman–Crippen MR) is 119 cm³/mol. The van der Waals surface area contributed by atoms with Crippen LogP contribution in [0.1, 0.15) is 54.9 Å². The summed E-state index contributed by atoms with van der Waals surface area (Å²) in [5.74, 6) is -4.97. The van der Waals surface area contributed by atoms with E-state index < -0.39 is 24.2 Å². The van der Waals surface area contributed by atoms with E-state index in [0.717, 1.165) is 79.8 Å². The lowest BCUT2D eigenvalue weighted by atomic mass is 9.91. The Balaban J connectivity index is 1.32. The summed E-state index contributed by atoms with van der Waals surface area (Å²) in [5, 5.41) is 0.746. The van der Waals surface area contributed by atoms with E-state index in [-0.39, 0.29) is 6.10 Å². The van der Waals surface area contributed by atoms with Gasteiger partial charge in [-0.2, -0.15) is 8.78 Å². The third-order valence-electron chi connectivity index (χ3n) is 7.17. The molecule has 2 aromatic rings. The minimum Gasteiger partial charge on any atom is -0.474 e. The van der Waals surface area contributed by atoms with Gasteiger partial charge in [0.15, 0.2) is 0 Å². The number of nitrogens with zero attached hydrogens (tertiary/aromatic N) is 3. The molecular weight excluding hydrogens is 452 g/mol. The first-order valence-electron chi connectivity index (χ1n) is 11.7. The van der Waals surface area contributed by atoms with Gasteiger partial charge in [-0.1, -0.05) is 0 Å². The fraction of sp³-hybridized carbons (Fsp3) is 0.696. The summed E-state index contributed by atoms with van der Waals surface area (Å²) in [6, 6.07) is 0.564. The van der Waals surface area contributed by atoms with Crippen LogP contribution < -0.4 is 4.74 Å². The summed E-state index contributed by atoms with van der Waals surface area (Å²) in [4.78, 5) is 24.7. The molecule has 0 radical (unpaired) electrons. The van der Waals surface area contributed by atoms with E-state index in [2.05, 4.69) is 19.6 Å². The average molecular weight is 482 g/mol. The lowest BCUT2D eigenvalue weighted by Crippen LogP contribution is -2.46. The molecule has 2 fully saturated rings. The molecule has 1 aliphatic heterocycles. The van der Waals surface area contributed by atoms with Crippen molar-refractivity contribution in [2.24, 2.45) is 0 Å². The molecule has 0 spiro atoms. The number of fused-ring (bicyclic) bond motifs is 3. The molecule has 0 amide bonds. The van der Waals surface area contributed by atoms with Crippen LogP contribution in [0.15, 0.2) is 6.33 Å². The molecule has 180 valence electrons. The molecule has 2 aliphatic carbocycles. The second-order valence-electron chi connectivity index (χ2n) is 9.13. The van der Waals surface area contributed by atoms with E-state index in [0.29, 0.717) is 24.8 Å². The quantitative estimate of drug-likeness (QED) is 0.579. The first-order valence-corrected chi connectivity index (χ1v) is 12.5. The highest BCUT2D eigenvalue weighted by Gasteiger charge is 2.45. The highest BCUT2D eigenvalue weighted by Crippen LogP contribution is 2.49. The first-order chi connectivity index (χ1) is 16.0. The third kappa shape index (κ3) is 4.57. The molecule has 1 atom stereocenters. The number of hydrogen-bond acceptors (Lipinski definition) is 8. The molecule has 3 aliphatic rings. The van der Waals surface area contributed by atoms with Crippen molar-refractivity contribution in [2.45, 2.75) is 68.9 Å². The Morgan fingerprint density at radius 1 is 1.21 bits per heavy atom. The highest BCUT2D eigenvalue weighted by molar-refractivity contribution is 7.19. The molecule has 1 saturated heterocycles. The second kappa shape index (κ2) is 9.38. The number of morpholine rings is 1. The van der Waals surface area contributed by atoms with Crippen LogP contribution in [0.25, 0.3) is 10.2 Å². The zero-order valence-electron chi connectivity index (χ0n) is 18.7. The number of ether oxygens (including phenoxy) is 3. The van der Waals surface area contributed by atoms with Gasteiger partial charge >= 0.3 is 11.9 Å². The van der Waals surface area contributed by atoms with Gasteiger partial charge in [-0.05, 0) is 50.0 Å². The van der Waals surface area contributed by atoms with Gasteiger partial charge in [0.05, 0.1) is 25.7 Å². The Morgan fingerprint density at radius 3 is 2.70 bits per heavy atom. The van der Waals surface area contributed by atoms with Gasteiger partial charge in [-0.25, -0.2) is 14.8 Å². The van der Waals surface area contributed by atoms with E-state index in [1.807, 2.05) is 0 Å². The Bertz CT molecular complexity index is 1000. The Labute approximate surface area is 195 Å². The van der Waals surface area contributed by atoms with Crippen LogP contribution in [0.3, 0.4) is 0 Å². The Kier molecular flexibility index (Phi) is 6.50. The number of aryl methyl sites for hydroxylation is 1. The molecule has 0 aromatic carbocycles. The van der Waals surface area contributed by atoms with Gasteiger partial charge in [0.2, 0.25) is 5.88 Å². The molecule has 7 nitrogen and oxygen atoms in total. The summed E-state index contributed by atoms with van der Waals surface area (Å²) in [5.41, 5.74) is 0.830. The van der Waals surface area contributed by atoms with Gasteiger partial charge in [-0.15, -0.1) is 11.3 Å². The fourth-order valence-electron chi connectivity index (χ4n) is 5.50. The number of hydrogen-bond donors (Lipinski definition) is 0. The average Bonchev–Trinajstić information content (AvgIpc) is 3.39. The van der Waals surface area contributed by atoms with Crippen LogP contribution in [0.5, 0.6) is 5.88 Å². The molecule has 0 unspecified atom stereocenters. The molecule has 0 bridgehead atoms. The molecular formula is C23H29F2N3O4S. The summed E-state index contributed by atoms with van der Waals surface area (Å²) >= 11 is 1.51. The minimum atomic E-state index is -3.52. The number of carbonyl (C=O) groups excluding carboxylic acids is 1. The van der Waals surface area contributed by atoms with E-state index in [1.165, 1.54) is 17.7 Å². The van der Waals surface area contributed by atoms with Gasteiger partial charge in [0, 0.05) is 30.4 Å². The second-order valence-corrected chi connectivity index (χ2v) is 10.2. The van der Waals surface area contributed by atoms with Gasteiger partial charge in [-0.3, -0.25) is 4.90 Å². The smallest absolute Gasteiger partial charge is 0.376 e. The highest BCUT2D eigenvalue weighted by atomic mass is 32.1. The number of alkyl halides is 2. The molecule has 1 saturated carbocycles. The maximum atomic E-state index is 14.4. The predicted octanol–water partition coefficient (Wildman–Crippen LogP) is 3.94. The zero-order valence-corrected chi connectivity index (χ0v) is 19.5. The Hall–Kier alpha value is -1.91. The van der Waals surface area contributed by atoms with Crippen LogP contribution in [-0.2, 0) is 20.7 Å². The van der Waals surface area contributed by atoms with Crippen molar-refractivity contribution in [3.63, 3.8) is 0 Å². The molecule has 10 heteroatoms. The number of esters is 1. The first kappa shape index (κ1) is 22.9. The van der Waals surface area contributed by atoms with Crippen molar-refractivity contribution in [3.8, 4) is 5.88 Å². The van der Waals surface area contributed by atoms with Gasteiger partial charge < -0.3 is 14.2 Å². The van der Waals surface area contributed by atoms with Crippen LogP contribution in [0.4, 0.5) is 8.78 Å². The number of carbonyl (C=O) groups is 1. The van der Waals surface area contributed by atoms with Gasteiger partial charge in [0.1, 0.15) is 17.3 Å². The van der Waals surface area contributed by atoms with Crippen LogP contribution in [-0.4, -0.2) is 72.3 Å². The molecule has 33 heavy (non-hydrogen) atoms. The maximum absolute atomic E-state index is 14.4. The number of aromatic nitrogens is 2. The van der Waals surface area contributed by atoms with E-state index in [1.54, 1.807) is 0 Å². The zero-order chi connectivity index (χ0) is 23.0. The van der Waals surface area contributed by atoms with Crippen molar-refractivity contribution in [3.05, 3.63) is 16.8 Å². The minimum absolute atomic E-state index is 0.0484. The summed E-state index contributed by atoms with van der Waals surface area (Å²) < 4.78 is 44.9. The van der Waals surface area contributed by atoms with E-state index in [9.17, 15) is 13.6 Å². The van der Waals surface area contributed by atoms with Crippen molar-refractivity contribution in [1.82, 2.24) is 14.9 Å². The van der Waals surface area contributed by atoms with Crippen molar-refractivity contribution >= 4 is 27.5 Å². The van der Waals surface area contributed by atoms with E-state index >= 15 is 0 Å². The fourth-order valence-corrected chi connectivity index (χ4v) is 6.74. The van der Waals surface area contributed by atoms with Gasteiger partial charge in [0.25, 0.3) is 0 Å². The van der Waals surface area contributed by atoms with E-state index in [4.69, 9.17) is 9.47 Å². The topological polar surface area (TPSA) is 73.8 Å². The molecule has 5 rings (SSSR count). The van der Waals surface area contributed by atoms with Crippen LogP contribution in [0.2, 0.25) is 0 Å². The standard InChI is InChI=1S/C23H29F2N3O4S/c1-30-22(29)23(24,25)12-14-2-7-17-18(14)19-20(26-13-27-21(19)33-17)32-16-5-3-15(4-6-16)28-8-10-31-11-9-28/h13-16H,2-12H2,1H3/t14-,15?,16?/m1/s1. The van der Waals surface area contributed by atoms with Crippen molar-refractivity contribution in [1.29, 1.82) is 0 Å². The summed E-state index contributed by atoms with van der Waals surface area (Å²) in [7, 11) is 0.990. The lowest BCUT2D eigenvalue weighted by molar-refractivity contribution is -0.170. The number of methoxy groups -OCH3 is 1. The molecule has 2 aromatic heterocycles. The van der Waals surface area contributed by atoms with Crippen LogP contribution in [0, 0.1) is 0 Å².